The predicted molar refractivity (Wildman–Crippen MR) is 47.3 cm³/mol. The van der Waals surface area contributed by atoms with Gasteiger partial charge in [-0.05, 0) is 0 Å². The fourth-order valence-corrected chi connectivity index (χ4v) is 0. The summed E-state index contributed by atoms with van der Waals surface area (Å²) in [6.07, 6.45) is 0. The number of halogens is 1. The van der Waals surface area contributed by atoms with E-state index in [0.29, 0.717) is 0 Å². The van der Waals surface area contributed by atoms with Crippen LogP contribution in [0.15, 0.2) is 0 Å². The van der Waals surface area contributed by atoms with E-state index in [-0.39, 0.29) is 0 Å². The molecule has 0 aromatic heterocycles. The van der Waals surface area contributed by atoms with Gasteiger partial charge in [0, 0.05) is 0 Å². The average Bonchev–Trinajstić information content (AvgIpc) is 1.27. The molecule has 0 fully saturated rings. The van der Waals surface area contributed by atoms with Crippen LogP contribution in [0, 0.1) is 0 Å². The molecular weight excluding hydrogens is 185 g/mol. The van der Waals surface area contributed by atoms with Crippen LogP contribution >= 0.6 is 20.9 Å². The van der Waals surface area contributed by atoms with Gasteiger partial charge in [0.15, 0.2) is 0 Å². The van der Waals surface area contributed by atoms with Crippen LogP contribution in [0.25, 0.3) is 0 Å². The van der Waals surface area contributed by atoms with E-state index < -0.39 is 5.46 Å². The van der Waals surface area contributed by atoms with Gasteiger partial charge in [-0.1, -0.05) is 0 Å². The van der Waals surface area contributed by atoms with Crippen LogP contribution in [0.3, 0.4) is 0 Å². The monoisotopic (exact) mass is 199 g/mol. The second-order valence-electron chi connectivity index (χ2n) is 3.37. The third-order valence-corrected chi connectivity index (χ3v) is 5.96. The molecular formula is C5H15BrNP. The van der Waals surface area contributed by atoms with Crippen molar-refractivity contribution in [2.24, 2.45) is 0 Å². The third kappa shape index (κ3) is 3.01. The van der Waals surface area contributed by atoms with Crippen LogP contribution in [0.4, 0.5) is 0 Å². The van der Waals surface area contributed by atoms with E-state index in [1.54, 1.807) is 0 Å². The molecule has 0 aliphatic heterocycles. The van der Waals surface area contributed by atoms with Gasteiger partial charge in [0.1, 0.15) is 0 Å². The summed E-state index contributed by atoms with van der Waals surface area (Å²) in [6.45, 7) is 6.77. The molecule has 0 aliphatic rings. The van der Waals surface area contributed by atoms with E-state index in [2.05, 4.69) is 54.2 Å². The van der Waals surface area contributed by atoms with Gasteiger partial charge in [0.25, 0.3) is 0 Å². The second kappa shape index (κ2) is 1.93. The number of hydrogen-bond acceptors (Lipinski definition) is 1. The molecule has 0 unspecified atom stereocenters. The number of nitrogens with zero attached hydrogens (tertiary/aromatic N) is 1. The Morgan fingerprint density at radius 1 is 1.12 bits per heavy atom. The van der Waals surface area contributed by atoms with Gasteiger partial charge in [-0.2, -0.15) is 0 Å². The SMILES string of the molecule is CN(C)P(C)(C)(C)Br. The topological polar surface area (TPSA) is 3.24 Å². The first-order chi connectivity index (χ1) is 3.20. The zero-order chi connectivity index (χ0) is 7.02. The van der Waals surface area contributed by atoms with Crippen molar-refractivity contribution in [3.63, 3.8) is 0 Å². The summed E-state index contributed by atoms with van der Waals surface area (Å²) in [5.74, 6) is 0. The van der Waals surface area contributed by atoms with Crippen molar-refractivity contribution in [3.8, 4) is 0 Å². The Balaban J connectivity index is 4.14. The van der Waals surface area contributed by atoms with Crippen molar-refractivity contribution in [1.29, 1.82) is 0 Å². The molecule has 0 bridgehead atoms. The number of hydrogen-bond donors (Lipinski definition) is 0. The van der Waals surface area contributed by atoms with Crippen molar-refractivity contribution in [1.82, 2.24) is 4.67 Å². The molecule has 0 saturated carbocycles. The summed E-state index contributed by atoms with van der Waals surface area (Å²) < 4.78 is 2.26. The molecule has 0 rings (SSSR count). The molecule has 0 N–H and O–H groups in total. The molecule has 0 radical (unpaired) electrons. The second-order valence-corrected chi connectivity index (χ2v) is 16.6. The van der Waals surface area contributed by atoms with Gasteiger partial charge in [-0.25, -0.2) is 0 Å². The quantitative estimate of drug-likeness (QED) is 0.586. The van der Waals surface area contributed by atoms with Crippen LogP contribution in [0.5, 0.6) is 0 Å². The number of rotatable bonds is 1. The van der Waals surface area contributed by atoms with Crippen LogP contribution < -0.4 is 0 Å². The molecule has 3 heteroatoms. The van der Waals surface area contributed by atoms with Crippen LogP contribution in [-0.4, -0.2) is 38.8 Å². The maximum atomic E-state index is 3.70. The Morgan fingerprint density at radius 3 is 1.25 bits per heavy atom. The normalized spacial score (nSPS) is 18.1. The Labute approximate surface area is 60.2 Å². The van der Waals surface area contributed by atoms with E-state index >= 15 is 0 Å². The molecule has 0 aromatic rings. The summed E-state index contributed by atoms with van der Waals surface area (Å²) in [5, 5.41) is 0. The van der Waals surface area contributed by atoms with Crippen molar-refractivity contribution in [2.75, 3.05) is 34.1 Å². The van der Waals surface area contributed by atoms with E-state index in [1.165, 1.54) is 0 Å². The van der Waals surface area contributed by atoms with E-state index in [9.17, 15) is 0 Å². The van der Waals surface area contributed by atoms with Gasteiger partial charge in [0.2, 0.25) is 0 Å². The molecule has 0 heterocycles. The standard InChI is InChI=1S/C5H15BrNP/c1-7(2)8(3,4,5)6/h1-5H3. The molecule has 0 saturated heterocycles. The molecule has 0 aromatic carbocycles. The van der Waals surface area contributed by atoms with Crippen molar-refractivity contribution in [2.45, 2.75) is 0 Å². The van der Waals surface area contributed by atoms with Gasteiger partial charge in [0.05, 0.1) is 0 Å². The minimum absolute atomic E-state index is 1.54. The van der Waals surface area contributed by atoms with Gasteiger partial charge in [-0.15, -0.1) is 0 Å². The van der Waals surface area contributed by atoms with E-state index in [0.717, 1.165) is 0 Å². The first-order valence-electron chi connectivity index (χ1n) is 2.61. The maximum absolute atomic E-state index is 3.70. The van der Waals surface area contributed by atoms with Gasteiger partial charge in [-0.3, -0.25) is 0 Å². The van der Waals surface area contributed by atoms with Crippen LogP contribution in [0.2, 0.25) is 0 Å². The predicted octanol–water partition coefficient (Wildman–Crippen LogP) is 2.22. The summed E-state index contributed by atoms with van der Waals surface area (Å²) >= 11 is 3.70. The summed E-state index contributed by atoms with van der Waals surface area (Å²) in [5.41, 5.74) is -1.54. The first-order valence-corrected chi connectivity index (χ1v) is 8.15. The van der Waals surface area contributed by atoms with Crippen molar-refractivity contribution in [3.05, 3.63) is 0 Å². The Hall–Kier alpha value is 0.870. The molecule has 0 aliphatic carbocycles. The fraction of sp³-hybridized carbons (Fsp3) is 1.00. The Bertz CT molecular complexity index is 83.1. The molecule has 1 nitrogen and oxygen atoms in total. The van der Waals surface area contributed by atoms with Crippen LogP contribution in [0.1, 0.15) is 0 Å². The van der Waals surface area contributed by atoms with E-state index in [1.807, 2.05) is 0 Å². The zero-order valence-corrected chi connectivity index (χ0v) is 8.75. The molecule has 52 valence electrons. The summed E-state index contributed by atoms with van der Waals surface area (Å²) in [6, 6.07) is 0. The first kappa shape index (κ1) is 8.87. The molecule has 0 amide bonds. The molecule has 0 spiro atoms. The van der Waals surface area contributed by atoms with Crippen molar-refractivity contribution < 1.29 is 0 Å². The van der Waals surface area contributed by atoms with Crippen molar-refractivity contribution >= 4 is 20.9 Å². The zero-order valence-electron chi connectivity index (χ0n) is 6.27. The van der Waals surface area contributed by atoms with Crippen LogP contribution in [-0.2, 0) is 0 Å². The van der Waals surface area contributed by atoms with Gasteiger partial charge >= 0.3 is 59.7 Å². The summed E-state index contributed by atoms with van der Waals surface area (Å²) in [7, 11) is 4.21. The Kier molecular flexibility index (Phi) is 2.14. The van der Waals surface area contributed by atoms with Gasteiger partial charge < -0.3 is 0 Å². The average molecular weight is 200 g/mol. The molecule has 8 heavy (non-hydrogen) atoms. The third-order valence-electron chi connectivity index (χ3n) is 1.35. The summed E-state index contributed by atoms with van der Waals surface area (Å²) in [4.78, 5) is 0. The fourth-order valence-electron chi connectivity index (χ4n) is 0. The molecule has 0 atom stereocenters. The minimum atomic E-state index is -1.54. The Morgan fingerprint density at radius 2 is 1.25 bits per heavy atom. The van der Waals surface area contributed by atoms with E-state index in [4.69, 9.17) is 0 Å².